The van der Waals surface area contributed by atoms with Gasteiger partial charge in [-0.3, -0.25) is 0 Å². The second kappa shape index (κ2) is 8.58. The van der Waals surface area contributed by atoms with E-state index in [0.29, 0.717) is 54.6 Å². The molecule has 0 amide bonds. The molecule has 0 spiro atoms. The summed E-state index contributed by atoms with van der Waals surface area (Å²) in [6, 6.07) is 9.54. The van der Waals surface area contributed by atoms with Gasteiger partial charge in [-0.2, -0.15) is 0 Å². The van der Waals surface area contributed by atoms with Crippen LogP contribution in [0.3, 0.4) is 0 Å². The first-order chi connectivity index (χ1) is 16.7. The fourth-order valence-corrected chi connectivity index (χ4v) is 5.55. The lowest BCUT2D eigenvalue weighted by Gasteiger charge is -2.21. The highest BCUT2D eigenvalue weighted by atomic mass is 32.1. The third-order valence-electron chi connectivity index (χ3n) is 5.27. The predicted octanol–water partition coefficient (Wildman–Crippen LogP) is 4.81. The number of nitrogens with zero attached hydrogens (tertiary/aromatic N) is 2. The van der Waals surface area contributed by atoms with Crippen LogP contribution >= 0.6 is 22.7 Å². The van der Waals surface area contributed by atoms with Crippen LogP contribution in [-0.4, -0.2) is 43.5 Å². The highest BCUT2D eigenvalue weighted by Crippen LogP contribution is 2.44. The smallest absolute Gasteiger partial charge is 0.203 e. The first-order valence-electron chi connectivity index (χ1n) is 10.5. The predicted molar refractivity (Wildman–Crippen MR) is 131 cm³/mol. The van der Waals surface area contributed by atoms with Crippen molar-refractivity contribution in [2.45, 2.75) is 0 Å². The van der Waals surface area contributed by atoms with E-state index in [1.807, 2.05) is 35.7 Å². The summed E-state index contributed by atoms with van der Waals surface area (Å²) in [5.41, 5.74) is 8.81. The van der Waals surface area contributed by atoms with Gasteiger partial charge in [-0.05, 0) is 18.2 Å². The van der Waals surface area contributed by atoms with E-state index in [-0.39, 0.29) is 0 Å². The lowest BCUT2D eigenvalue weighted by Crippen LogP contribution is -2.16. The molecule has 0 bridgehead atoms. The maximum Gasteiger partial charge on any atom is 0.203 e. The molecule has 34 heavy (non-hydrogen) atoms. The highest BCUT2D eigenvalue weighted by Gasteiger charge is 2.21. The second-order valence-electron chi connectivity index (χ2n) is 7.46. The Labute approximate surface area is 203 Å². The minimum absolute atomic E-state index is 0.417. The monoisotopic (exact) mass is 496 g/mol. The molecule has 2 aromatic carbocycles. The summed E-state index contributed by atoms with van der Waals surface area (Å²) in [5, 5.41) is 6.73. The molecule has 11 heteroatoms. The molecule has 2 aliphatic rings. The third-order valence-corrected chi connectivity index (χ3v) is 7.25. The molecule has 3 N–H and O–H groups in total. The Morgan fingerprint density at radius 2 is 1.74 bits per heavy atom. The summed E-state index contributed by atoms with van der Waals surface area (Å²) < 4.78 is 28.1. The largest absolute Gasteiger partial charge is 0.493 e. The molecule has 2 aromatic heterocycles. The van der Waals surface area contributed by atoms with E-state index in [4.69, 9.17) is 34.4 Å². The fraction of sp³-hybridized carbons (Fsp3) is 0.217. The van der Waals surface area contributed by atoms with Gasteiger partial charge in [0.15, 0.2) is 28.1 Å². The average Bonchev–Trinajstić information content (AvgIpc) is 3.49. The number of methoxy groups -OCH3 is 1. The van der Waals surface area contributed by atoms with Crippen LogP contribution in [0.4, 0.5) is 16.6 Å². The number of anilines is 3. The quantitative estimate of drug-likeness (QED) is 0.402. The summed E-state index contributed by atoms with van der Waals surface area (Å²) >= 11 is 2.95. The molecular formula is C23H20N4O5S2. The van der Waals surface area contributed by atoms with Gasteiger partial charge in [-0.15, -0.1) is 11.3 Å². The molecule has 4 heterocycles. The SMILES string of the molecule is COc1cc(Nc2nc(N)c(-c3nc(-c4ccc5c(c4)OCCO5)cs3)s2)cc2c1OCCO2. The minimum Gasteiger partial charge on any atom is -0.493 e. The van der Waals surface area contributed by atoms with E-state index in [1.165, 1.54) is 22.7 Å². The van der Waals surface area contributed by atoms with Gasteiger partial charge < -0.3 is 34.7 Å². The standard InChI is InChI=1S/C23H20N4O5S2/c1-28-17-9-13(10-18-19(17)32-7-6-31-18)25-23-27-21(24)20(34-23)22-26-14(11-33-22)12-2-3-15-16(8-12)30-5-4-29-15/h2-3,8-11H,4-7,24H2,1H3,(H,25,27). The molecule has 2 aliphatic heterocycles. The molecule has 0 saturated heterocycles. The van der Waals surface area contributed by atoms with Crippen molar-refractivity contribution in [2.75, 3.05) is 44.6 Å². The first kappa shape index (κ1) is 20.9. The molecule has 4 aromatic rings. The molecule has 0 saturated carbocycles. The van der Waals surface area contributed by atoms with E-state index in [2.05, 4.69) is 10.3 Å². The third kappa shape index (κ3) is 3.82. The maximum absolute atomic E-state index is 6.25. The Kier molecular flexibility index (Phi) is 5.27. The molecule has 0 radical (unpaired) electrons. The Morgan fingerprint density at radius 3 is 2.59 bits per heavy atom. The van der Waals surface area contributed by atoms with E-state index in [9.17, 15) is 0 Å². The number of hydrogen-bond acceptors (Lipinski definition) is 11. The van der Waals surface area contributed by atoms with Crippen LogP contribution in [0, 0.1) is 0 Å². The molecule has 174 valence electrons. The number of nitrogens with two attached hydrogens (primary N) is 1. The van der Waals surface area contributed by atoms with Crippen molar-refractivity contribution in [3.8, 4) is 49.9 Å². The number of aromatic nitrogens is 2. The van der Waals surface area contributed by atoms with Crippen molar-refractivity contribution in [1.82, 2.24) is 9.97 Å². The molecule has 0 atom stereocenters. The molecule has 6 rings (SSSR count). The van der Waals surface area contributed by atoms with Crippen molar-refractivity contribution in [3.63, 3.8) is 0 Å². The van der Waals surface area contributed by atoms with Gasteiger partial charge in [0.2, 0.25) is 5.75 Å². The average molecular weight is 497 g/mol. The van der Waals surface area contributed by atoms with Crippen molar-refractivity contribution in [3.05, 3.63) is 35.7 Å². The number of hydrogen-bond donors (Lipinski definition) is 2. The normalized spacial score (nSPS) is 14.0. The van der Waals surface area contributed by atoms with Gasteiger partial charge in [0.1, 0.15) is 42.1 Å². The number of nitrogens with one attached hydrogen (secondary N) is 1. The second-order valence-corrected chi connectivity index (χ2v) is 9.31. The van der Waals surface area contributed by atoms with Gasteiger partial charge in [-0.25, -0.2) is 9.97 Å². The molecule has 0 unspecified atom stereocenters. The lowest BCUT2D eigenvalue weighted by molar-refractivity contribution is 0.165. The maximum atomic E-state index is 6.25. The summed E-state index contributed by atoms with van der Waals surface area (Å²) in [6.45, 7) is 2.09. The fourth-order valence-electron chi connectivity index (χ4n) is 3.72. The lowest BCUT2D eigenvalue weighted by atomic mass is 10.1. The van der Waals surface area contributed by atoms with E-state index in [1.54, 1.807) is 7.11 Å². The Hall–Kier alpha value is -3.70. The van der Waals surface area contributed by atoms with Crippen molar-refractivity contribution >= 4 is 39.3 Å². The van der Waals surface area contributed by atoms with Crippen LogP contribution in [0.5, 0.6) is 28.7 Å². The van der Waals surface area contributed by atoms with Crippen LogP contribution in [-0.2, 0) is 0 Å². The number of thiazole rings is 2. The van der Waals surface area contributed by atoms with Crippen molar-refractivity contribution in [2.24, 2.45) is 0 Å². The van der Waals surface area contributed by atoms with E-state index in [0.717, 1.165) is 38.3 Å². The summed E-state index contributed by atoms with van der Waals surface area (Å²) in [4.78, 5) is 10.1. The Morgan fingerprint density at radius 1 is 0.941 bits per heavy atom. The van der Waals surface area contributed by atoms with Crippen LogP contribution in [0.1, 0.15) is 0 Å². The number of fused-ring (bicyclic) bond motifs is 2. The summed E-state index contributed by atoms with van der Waals surface area (Å²) in [6.07, 6.45) is 0. The number of benzene rings is 2. The number of nitrogen functional groups attached to an aromatic ring is 1. The van der Waals surface area contributed by atoms with Gasteiger partial charge in [0, 0.05) is 28.8 Å². The van der Waals surface area contributed by atoms with Crippen LogP contribution in [0.15, 0.2) is 35.7 Å². The number of rotatable bonds is 5. The zero-order valence-electron chi connectivity index (χ0n) is 18.1. The van der Waals surface area contributed by atoms with Crippen molar-refractivity contribution in [1.29, 1.82) is 0 Å². The first-order valence-corrected chi connectivity index (χ1v) is 12.2. The van der Waals surface area contributed by atoms with E-state index >= 15 is 0 Å². The zero-order valence-corrected chi connectivity index (χ0v) is 19.8. The molecule has 0 aliphatic carbocycles. The Balaban J connectivity index is 1.26. The highest BCUT2D eigenvalue weighted by molar-refractivity contribution is 7.23. The topological polar surface area (TPSA) is 110 Å². The summed E-state index contributed by atoms with van der Waals surface area (Å²) in [5.74, 6) is 3.73. The van der Waals surface area contributed by atoms with Crippen LogP contribution < -0.4 is 34.7 Å². The van der Waals surface area contributed by atoms with Gasteiger partial charge in [0.05, 0.1) is 12.8 Å². The van der Waals surface area contributed by atoms with Gasteiger partial charge in [-0.1, -0.05) is 11.3 Å². The zero-order chi connectivity index (χ0) is 23.1. The van der Waals surface area contributed by atoms with Gasteiger partial charge in [0.25, 0.3) is 0 Å². The van der Waals surface area contributed by atoms with E-state index < -0.39 is 0 Å². The van der Waals surface area contributed by atoms with Crippen molar-refractivity contribution < 1.29 is 23.7 Å². The Bertz CT molecular complexity index is 1350. The van der Waals surface area contributed by atoms with Crippen LogP contribution in [0.25, 0.3) is 21.1 Å². The van der Waals surface area contributed by atoms with Gasteiger partial charge >= 0.3 is 0 Å². The molecular weight excluding hydrogens is 476 g/mol. The number of ether oxygens (including phenoxy) is 5. The summed E-state index contributed by atoms with van der Waals surface area (Å²) in [7, 11) is 1.60. The van der Waals surface area contributed by atoms with Crippen LogP contribution in [0.2, 0.25) is 0 Å². The minimum atomic E-state index is 0.417. The molecule has 0 fully saturated rings. The molecule has 9 nitrogen and oxygen atoms in total.